The number of amides is 1. The van der Waals surface area contributed by atoms with Crippen molar-refractivity contribution in [2.75, 3.05) is 23.8 Å². The summed E-state index contributed by atoms with van der Waals surface area (Å²) in [7, 11) is 0. The minimum Gasteiger partial charge on any atom is -0.492 e. The molecule has 0 heterocycles. The fourth-order valence-corrected chi connectivity index (χ4v) is 2.26. The molecule has 27 heavy (non-hydrogen) atoms. The van der Waals surface area contributed by atoms with Crippen molar-refractivity contribution in [1.29, 1.82) is 0 Å². The van der Waals surface area contributed by atoms with E-state index in [1.165, 1.54) is 6.92 Å². The molecule has 0 saturated heterocycles. The van der Waals surface area contributed by atoms with Gasteiger partial charge in [-0.25, -0.2) is 0 Å². The number of halogens is 3. The Morgan fingerprint density at radius 1 is 1.22 bits per heavy atom. The van der Waals surface area contributed by atoms with Crippen LogP contribution in [0.3, 0.4) is 0 Å². The second-order valence-electron chi connectivity index (χ2n) is 5.47. The van der Waals surface area contributed by atoms with E-state index in [1.807, 2.05) is 0 Å². The van der Waals surface area contributed by atoms with Crippen LogP contribution in [0, 0.1) is 10.1 Å². The number of alkyl halides is 3. The first-order chi connectivity index (χ1) is 12.7. The Bertz CT molecular complexity index is 840. The molecule has 2 aromatic carbocycles. The summed E-state index contributed by atoms with van der Waals surface area (Å²) in [6.45, 7) is 1.43. The molecule has 0 atom stereocenters. The molecular weight excluding hydrogens is 367 g/mol. The molecule has 1 amide bonds. The topological polar surface area (TPSA) is 93.5 Å². The highest BCUT2D eigenvalue weighted by molar-refractivity contribution is 5.88. The second-order valence-corrected chi connectivity index (χ2v) is 5.47. The smallest absolute Gasteiger partial charge is 0.418 e. The van der Waals surface area contributed by atoms with Crippen molar-refractivity contribution in [3.8, 4) is 5.75 Å². The van der Waals surface area contributed by atoms with E-state index in [9.17, 15) is 28.1 Å². The molecule has 2 aromatic rings. The Morgan fingerprint density at radius 2 is 1.96 bits per heavy atom. The number of anilines is 2. The van der Waals surface area contributed by atoms with Crippen LogP contribution >= 0.6 is 0 Å². The van der Waals surface area contributed by atoms with E-state index in [2.05, 4.69) is 10.6 Å². The summed E-state index contributed by atoms with van der Waals surface area (Å²) in [5.41, 5.74) is -1.50. The zero-order valence-electron chi connectivity index (χ0n) is 14.2. The van der Waals surface area contributed by atoms with Gasteiger partial charge in [-0.05, 0) is 18.2 Å². The van der Waals surface area contributed by atoms with Gasteiger partial charge in [0.05, 0.1) is 10.5 Å². The maximum absolute atomic E-state index is 13.1. The molecule has 144 valence electrons. The third kappa shape index (κ3) is 5.87. The number of nitrogens with one attached hydrogen (secondary N) is 2. The molecule has 0 fully saturated rings. The number of rotatable bonds is 7. The Labute approximate surface area is 152 Å². The standard InChI is InChI=1S/C17H16F3N3O4/c1-11(24)22-12-3-2-4-14(9-12)27-8-7-21-16-6-5-13(23(25)26)10-15(16)17(18,19)20/h2-6,9-10,21H,7-8H2,1H3,(H,22,24). The molecule has 2 rings (SSSR count). The summed E-state index contributed by atoms with van der Waals surface area (Å²) in [4.78, 5) is 20.8. The summed E-state index contributed by atoms with van der Waals surface area (Å²) >= 11 is 0. The second kappa shape index (κ2) is 8.39. The Kier molecular flexibility index (Phi) is 6.22. The first kappa shape index (κ1) is 20.0. The number of nitro benzene ring substituents is 1. The van der Waals surface area contributed by atoms with E-state index >= 15 is 0 Å². The van der Waals surface area contributed by atoms with Crippen molar-refractivity contribution < 1.29 is 27.6 Å². The van der Waals surface area contributed by atoms with Gasteiger partial charge in [-0.15, -0.1) is 0 Å². The molecule has 10 heteroatoms. The fourth-order valence-electron chi connectivity index (χ4n) is 2.26. The summed E-state index contributed by atoms with van der Waals surface area (Å²) in [6, 6.07) is 9.03. The van der Waals surface area contributed by atoms with Gasteiger partial charge in [0.15, 0.2) is 0 Å². The Morgan fingerprint density at radius 3 is 2.59 bits per heavy atom. The van der Waals surface area contributed by atoms with Gasteiger partial charge in [0.2, 0.25) is 5.91 Å². The highest BCUT2D eigenvalue weighted by Crippen LogP contribution is 2.37. The maximum atomic E-state index is 13.1. The van der Waals surface area contributed by atoms with Crippen LogP contribution in [0.25, 0.3) is 0 Å². The van der Waals surface area contributed by atoms with Crippen molar-refractivity contribution in [3.63, 3.8) is 0 Å². The third-order valence-electron chi connectivity index (χ3n) is 3.36. The van der Waals surface area contributed by atoms with Crippen LogP contribution in [0.2, 0.25) is 0 Å². The summed E-state index contributed by atoms with van der Waals surface area (Å²) < 4.78 is 44.7. The minimum absolute atomic E-state index is 0.0330. The lowest BCUT2D eigenvalue weighted by Crippen LogP contribution is -2.16. The zero-order valence-corrected chi connectivity index (χ0v) is 14.2. The van der Waals surface area contributed by atoms with Crippen molar-refractivity contribution >= 4 is 23.0 Å². The van der Waals surface area contributed by atoms with Gasteiger partial charge in [-0.2, -0.15) is 13.2 Å². The van der Waals surface area contributed by atoms with Crippen LogP contribution in [-0.2, 0) is 11.0 Å². The van der Waals surface area contributed by atoms with Gasteiger partial charge in [0.25, 0.3) is 5.69 Å². The van der Waals surface area contributed by atoms with E-state index in [1.54, 1.807) is 24.3 Å². The molecule has 7 nitrogen and oxygen atoms in total. The van der Waals surface area contributed by atoms with E-state index in [0.717, 1.165) is 12.1 Å². The number of hydrogen-bond acceptors (Lipinski definition) is 5. The first-order valence-corrected chi connectivity index (χ1v) is 7.77. The van der Waals surface area contributed by atoms with Crippen molar-refractivity contribution in [1.82, 2.24) is 0 Å². The van der Waals surface area contributed by atoms with E-state index in [4.69, 9.17) is 4.74 Å². The van der Waals surface area contributed by atoms with Crippen LogP contribution in [0.15, 0.2) is 42.5 Å². The zero-order chi connectivity index (χ0) is 20.0. The molecule has 0 radical (unpaired) electrons. The van der Waals surface area contributed by atoms with Gasteiger partial charge in [-0.1, -0.05) is 6.07 Å². The van der Waals surface area contributed by atoms with Gasteiger partial charge >= 0.3 is 6.18 Å². The fraction of sp³-hybridized carbons (Fsp3) is 0.235. The predicted molar refractivity (Wildman–Crippen MR) is 92.8 cm³/mol. The summed E-state index contributed by atoms with van der Waals surface area (Å²) in [5.74, 6) is 0.189. The molecule has 0 bridgehead atoms. The molecule has 0 saturated carbocycles. The molecule has 0 unspecified atom stereocenters. The Hall–Kier alpha value is -3.30. The van der Waals surface area contributed by atoms with E-state index in [0.29, 0.717) is 17.5 Å². The molecule has 0 aliphatic heterocycles. The van der Waals surface area contributed by atoms with Crippen LogP contribution in [0.4, 0.5) is 30.2 Å². The lowest BCUT2D eigenvalue weighted by Gasteiger charge is -2.15. The number of nitrogens with zero attached hydrogens (tertiary/aromatic N) is 1. The number of benzene rings is 2. The van der Waals surface area contributed by atoms with Crippen LogP contribution in [0.5, 0.6) is 5.75 Å². The van der Waals surface area contributed by atoms with Crippen LogP contribution in [-0.4, -0.2) is 24.0 Å². The van der Waals surface area contributed by atoms with Crippen molar-refractivity contribution in [3.05, 3.63) is 58.1 Å². The largest absolute Gasteiger partial charge is 0.492 e. The van der Waals surface area contributed by atoms with Crippen LogP contribution < -0.4 is 15.4 Å². The normalized spacial score (nSPS) is 11.0. The molecule has 0 aromatic heterocycles. The lowest BCUT2D eigenvalue weighted by atomic mass is 10.1. The van der Waals surface area contributed by atoms with Crippen molar-refractivity contribution in [2.45, 2.75) is 13.1 Å². The highest BCUT2D eigenvalue weighted by Gasteiger charge is 2.35. The number of carbonyl (C=O) groups excluding carboxylic acids is 1. The average Bonchev–Trinajstić information content (AvgIpc) is 2.57. The molecular formula is C17H16F3N3O4. The minimum atomic E-state index is -4.73. The highest BCUT2D eigenvalue weighted by atomic mass is 19.4. The number of carbonyl (C=O) groups is 1. The molecule has 0 aliphatic rings. The number of nitro groups is 1. The van der Waals surface area contributed by atoms with Crippen molar-refractivity contribution in [2.24, 2.45) is 0 Å². The van der Waals surface area contributed by atoms with E-state index < -0.39 is 22.4 Å². The van der Waals surface area contributed by atoms with Gasteiger partial charge < -0.3 is 15.4 Å². The quantitative estimate of drug-likeness (QED) is 0.427. The van der Waals surface area contributed by atoms with Gasteiger partial charge in [0.1, 0.15) is 12.4 Å². The Balaban J connectivity index is 1.99. The van der Waals surface area contributed by atoms with Gasteiger partial charge in [-0.3, -0.25) is 14.9 Å². The predicted octanol–water partition coefficient (Wildman–Crippen LogP) is 4.06. The first-order valence-electron chi connectivity index (χ1n) is 7.77. The summed E-state index contributed by atoms with van der Waals surface area (Å²) in [5, 5.41) is 15.8. The molecule has 0 spiro atoms. The average molecular weight is 383 g/mol. The third-order valence-corrected chi connectivity index (χ3v) is 3.36. The molecule has 2 N–H and O–H groups in total. The maximum Gasteiger partial charge on any atom is 0.418 e. The monoisotopic (exact) mass is 383 g/mol. The van der Waals surface area contributed by atoms with E-state index in [-0.39, 0.29) is 24.7 Å². The SMILES string of the molecule is CC(=O)Nc1cccc(OCCNc2ccc([N+](=O)[O-])cc2C(F)(F)F)c1. The number of ether oxygens (including phenoxy) is 1. The summed E-state index contributed by atoms with van der Waals surface area (Å²) in [6.07, 6.45) is -4.73. The number of hydrogen-bond donors (Lipinski definition) is 2. The lowest BCUT2D eigenvalue weighted by molar-refractivity contribution is -0.385. The van der Waals surface area contributed by atoms with Crippen LogP contribution in [0.1, 0.15) is 12.5 Å². The number of non-ortho nitro benzene ring substituents is 1. The van der Waals surface area contributed by atoms with Gasteiger partial charge in [0, 0.05) is 43.0 Å². The molecule has 0 aliphatic carbocycles.